The highest BCUT2D eigenvalue weighted by Crippen LogP contribution is 2.29. The summed E-state index contributed by atoms with van der Waals surface area (Å²) in [6.45, 7) is 4.32. The van der Waals surface area contributed by atoms with Crippen LogP contribution >= 0.6 is 0 Å². The lowest BCUT2D eigenvalue weighted by atomic mass is 9.83. The van der Waals surface area contributed by atoms with E-state index in [1.54, 1.807) is 7.11 Å². The third-order valence-corrected chi connectivity index (χ3v) is 6.31. The number of carbonyl (C=O) groups excluding carboxylic acids is 2. The van der Waals surface area contributed by atoms with Gasteiger partial charge in [0.2, 0.25) is 5.91 Å². The van der Waals surface area contributed by atoms with Gasteiger partial charge in [0.15, 0.2) is 0 Å². The zero-order chi connectivity index (χ0) is 19.5. The van der Waals surface area contributed by atoms with Crippen molar-refractivity contribution in [2.75, 3.05) is 26.9 Å². The largest absolute Gasteiger partial charge is 0.384 e. The van der Waals surface area contributed by atoms with E-state index < -0.39 is 0 Å². The molecule has 2 aliphatic carbocycles. The van der Waals surface area contributed by atoms with Gasteiger partial charge in [0.1, 0.15) is 5.78 Å². The Morgan fingerprint density at radius 1 is 0.963 bits per heavy atom. The maximum absolute atomic E-state index is 12.1. The lowest BCUT2D eigenvalue weighted by Gasteiger charge is -2.28. The summed E-state index contributed by atoms with van der Waals surface area (Å²) in [7, 11) is 1.78. The Hall–Kier alpha value is -0.940. The molecule has 0 bridgehead atoms. The number of ketones is 1. The van der Waals surface area contributed by atoms with Gasteiger partial charge in [-0.05, 0) is 69.6 Å². The number of hydrogen-bond donors (Lipinski definition) is 1. The molecule has 0 aromatic carbocycles. The van der Waals surface area contributed by atoms with Crippen LogP contribution in [0.4, 0.5) is 0 Å². The van der Waals surface area contributed by atoms with Crippen LogP contribution in [0.2, 0.25) is 0 Å². The van der Waals surface area contributed by atoms with E-state index >= 15 is 0 Å². The number of Topliss-reactive ketones (excluding diaryl/α,β-unsaturated/α-hetero) is 1. The first-order valence-corrected chi connectivity index (χ1v) is 11.0. The van der Waals surface area contributed by atoms with Crippen molar-refractivity contribution >= 4 is 11.7 Å². The number of ether oxygens (including phenoxy) is 2. The Kier molecular flexibility index (Phi) is 10.4. The van der Waals surface area contributed by atoms with Crippen molar-refractivity contribution in [3.63, 3.8) is 0 Å². The molecule has 2 saturated carbocycles. The summed E-state index contributed by atoms with van der Waals surface area (Å²) in [6, 6.07) is 0.251. The van der Waals surface area contributed by atoms with Crippen molar-refractivity contribution in [2.24, 2.45) is 17.8 Å². The Labute approximate surface area is 166 Å². The van der Waals surface area contributed by atoms with E-state index in [9.17, 15) is 9.59 Å². The Morgan fingerprint density at radius 3 is 2.19 bits per heavy atom. The minimum Gasteiger partial charge on any atom is -0.384 e. The Morgan fingerprint density at radius 2 is 1.59 bits per heavy atom. The molecule has 0 atom stereocenters. The molecule has 2 rings (SSSR count). The van der Waals surface area contributed by atoms with Gasteiger partial charge in [-0.2, -0.15) is 0 Å². The molecule has 0 aliphatic heterocycles. The lowest BCUT2D eigenvalue weighted by Crippen LogP contribution is -2.38. The highest BCUT2D eigenvalue weighted by atomic mass is 16.5. The van der Waals surface area contributed by atoms with Crippen LogP contribution in [0.15, 0.2) is 0 Å². The number of nitrogens with one attached hydrogen (secondary N) is 1. The molecule has 0 aromatic rings. The van der Waals surface area contributed by atoms with E-state index in [2.05, 4.69) is 5.32 Å². The first-order valence-electron chi connectivity index (χ1n) is 11.0. The van der Waals surface area contributed by atoms with Gasteiger partial charge < -0.3 is 14.8 Å². The molecule has 1 N–H and O–H groups in total. The normalized spacial score (nSPS) is 28.7. The summed E-state index contributed by atoms with van der Waals surface area (Å²) in [5.74, 6) is 2.13. The summed E-state index contributed by atoms with van der Waals surface area (Å²) in [6.07, 6.45) is 10.6. The minimum absolute atomic E-state index is 0. The fourth-order valence-electron chi connectivity index (χ4n) is 4.53. The van der Waals surface area contributed by atoms with Crippen LogP contribution in [0, 0.1) is 17.8 Å². The van der Waals surface area contributed by atoms with Crippen molar-refractivity contribution in [2.45, 2.75) is 83.6 Å². The monoisotopic (exact) mass is 383 g/mol. The van der Waals surface area contributed by atoms with E-state index in [1.807, 2.05) is 6.92 Å². The van der Waals surface area contributed by atoms with Gasteiger partial charge in [-0.25, -0.2) is 0 Å². The second-order valence-corrected chi connectivity index (χ2v) is 8.46. The molecule has 0 unspecified atom stereocenters. The standard InChI is InChI=1S/C22H39NO4.H2/c1-3-21(24)19-10-12-20(13-11-19)23-22(25)5-4-14-27-16-18-8-6-17(7-9-18)15-26-2;/h17-20H,3-16H2,1-2H3,(H,23,25);1H. The predicted octanol–water partition coefficient (Wildman–Crippen LogP) is 4.14. The molecule has 5 nitrogen and oxygen atoms in total. The molecule has 0 saturated heterocycles. The van der Waals surface area contributed by atoms with Crippen LogP contribution in [0.3, 0.4) is 0 Å². The summed E-state index contributed by atoms with van der Waals surface area (Å²) in [5, 5.41) is 3.14. The van der Waals surface area contributed by atoms with E-state index in [-0.39, 0.29) is 19.3 Å². The maximum atomic E-state index is 12.1. The summed E-state index contributed by atoms with van der Waals surface area (Å²) in [5.41, 5.74) is 0. The summed E-state index contributed by atoms with van der Waals surface area (Å²) >= 11 is 0. The van der Waals surface area contributed by atoms with Gasteiger partial charge in [-0.15, -0.1) is 0 Å². The van der Waals surface area contributed by atoms with Gasteiger partial charge in [0.05, 0.1) is 0 Å². The number of carbonyl (C=O) groups is 2. The first kappa shape index (κ1) is 22.4. The highest BCUT2D eigenvalue weighted by molar-refractivity contribution is 5.80. The summed E-state index contributed by atoms with van der Waals surface area (Å²) < 4.78 is 11.1. The van der Waals surface area contributed by atoms with Gasteiger partial charge in [0, 0.05) is 53.2 Å². The Balaban J connectivity index is 0.00000392. The molecule has 2 aliphatic rings. The fourth-order valence-corrected chi connectivity index (χ4v) is 4.53. The quantitative estimate of drug-likeness (QED) is 0.545. The van der Waals surface area contributed by atoms with Crippen LogP contribution in [-0.2, 0) is 19.1 Å². The highest BCUT2D eigenvalue weighted by Gasteiger charge is 2.26. The number of methoxy groups -OCH3 is 1. The van der Waals surface area contributed by atoms with E-state index in [4.69, 9.17) is 9.47 Å². The minimum atomic E-state index is 0. The van der Waals surface area contributed by atoms with E-state index in [1.165, 1.54) is 25.7 Å². The van der Waals surface area contributed by atoms with Crippen LogP contribution in [0.5, 0.6) is 0 Å². The van der Waals surface area contributed by atoms with Crippen molar-refractivity contribution in [3.8, 4) is 0 Å². The number of rotatable bonds is 11. The summed E-state index contributed by atoms with van der Waals surface area (Å²) in [4.78, 5) is 23.9. The van der Waals surface area contributed by atoms with Crippen LogP contribution in [0.1, 0.15) is 79.0 Å². The van der Waals surface area contributed by atoms with Crippen LogP contribution in [0.25, 0.3) is 0 Å². The molecule has 0 aromatic heterocycles. The van der Waals surface area contributed by atoms with Crippen LogP contribution in [-0.4, -0.2) is 44.7 Å². The average Bonchev–Trinajstić information content (AvgIpc) is 2.69. The van der Waals surface area contributed by atoms with Crippen LogP contribution < -0.4 is 5.32 Å². The van der Waals surface area contributed by atoms with Crippen molar-refractivity contribution < 1.29 is 20.5 Å². The number of amides is 1. The Bertz CT molecular complexity index is 444. The maximum Gasteiger partial charge on any atom is 0.220 e. The molecule has 1 amide bonds. The molecule has 27 heavy (non-hydrogen) atoms. The third kappa shape index (κ3) is 8.30. The molecule has 158 valence electrons. The fraction of sp³-hybridized carbons (Fsp3) is 0.909. The van der Waals surface area contributed by atoms with Crippen molar-refractivity contribution in [1.82, 2.24) is 5.32 Å². The van der Waals surface area contributed by atoms with Gasteiger partial charge in [0.25, 0.3) is 0 Å². The van der Waals surface area contributed by atoms with Crippen molar-refractivity contribution in [3.05, 3.63) is 0 Å². The average molecular weight is 384 g/mol. The molecule has 0 spiro atoms. The van der Waals surface area contributed by atoms with Gasteiger partial charge >= 0.3 is 0 Å². The SMILES string of the molecule is CCC(=O)C1CCC(NC(=O)CCCOCC2CCC(COC)CC2)CC1.[HH]. The smallest absolute Gasteiger partial charge is 0.220 e. The second kappa shape index (κ2) is 12.5. The molecule has 0 radical (unpaired) electrons. The van der Waals surface area contributed by atoms with Gasteiger partial charge in [-0.3, -0.25) is 9.59 Å². The van der Waals surface area contributed by atoms with Gasteiger partial charge in [-0.1, -0.05) is 6.92 Å². The molecular formula is C22H41NO4. The zero-order valence-electron chi connectivity index (χ0n) is 17.3. The third-order valence-electron chi connectivity index (χ3n) is 6.31. The first-order chi connectivity index (χ1) is 13.1. The topological polar surface area (TPSA) is 64.6 Å². The molecule has 5 heteroatoms. The molecule has 2 fully saturated rings. The molecular weight excluding hydrogens is 342 g/mol. The number of hydrogen-bond acceptors (Lipinski definition) is 4. The van der Waals surface area contributed by atoms with E-state index in [0.717, 1.165) is 51.2 Å². The lowest BCUT2D eigenvalue weighted by molar-refractivity contribution is -0.124. The second-order valence-electron chi connectivity index (χ2n) is 8.46. The predicted molar refractivity (Wildman–Crippen MR) is 109 cm³/mol. The molecule has 0 heterocycles. The van der Waals surface area contributed by atoms with Crippen molar-refractivity contribution in [1.29, 1.82) is 0 Å². The van der Waals surface area contributed by atoms with E-state index in [0.29, 0.717) is 31.1 Å². The zero-order valence-corrected chi connectivity index (χ0v) is 17.3.